The SMILES string of the molecule is C1CC2OCCC2O1.NC(=O)C1CC1.NC(=O)CCCCc1ccc(F)cc1. The summed E-state index contributed by atoms with van der Waals surface area (Å²) in [6.45, 7) is 1.82. The molecule has 0 spiro atoms. The van der Waals surface area contributed by atoms with Crippen molar-refractivity contribution in [3.05, 3.63) is 35.6 Å². The Bertz CT molecular complexity index is 599. The van der Waals surface area contributed by atoms with Gasteiger partial charge in [0.2, 0.25) is 11.8 Å². The standard InChI is InChI=1S/C11H14FNO.C6H10O2.C4H7NO/c12-10-7-5-9(6-8-10)3-1-2-4-11(13)14;1-3-7-6-2-4-8-5(1)6;5-4(6)3-1-2-3/h5-8H,1-4H2,(H2,13,14);5-6H,1-4H2;3H,1-2H2,(H2,5,6). The number of halogens is 1. The second-order valence-electron chi connectivity index (χ2n) is 7.37. The van der Waals surface area contributed by atoms with E-state index in [-0.39, 0.29) is 23.5 Å². The predicted octanol–water partition coefficient (Wildman–Crippen LogP) is 2.47. The molecule has 0 aromatic heterocycles. The summed E-state index contributed by atoms with van der Waals surface area (Å²) in [6.07, 6.45) is 8.20. The van der Waals surface area contributed by atoms with Gasteiger partial charge in [0.1, 0.15) is 5.82 Å². The van der Waals surface area contributed by atoms with Gasteiger partial charge in [-0.1, -0.05) is 12.1 Å². The lowest BCUT2D eigenvalue weighted by Gasteiger charge is -2.03. The number of fused-ring (bicyclic) bond motifs is 1. The highest BCUT2D eigenvalue weighted by atomic mass is 19.1. The van der Waals surface area contributed by atoms with Crippen LogP contribution in [0, 0.1) is 11.7 Å². The van der Waals surface area contributed by atoms with E-state index < -0.39 is 0 Å². The molecule has 2 aliphatic heterocycles. The molecular weight excluding hydrogens is 363 g/mol. The van der Waals surface area contributed by atoms with Crippen LogP contribution in [0.3, 0.4) is 0 Å². The van der Waals surface area contributed by atoms with Gasteiger partial charge in [-0.25, -0.2) is 4.39 Å². The second-order valence-corrected chi connectivity index (χ2v) is 7.37. The van der Waals surface area contributed by atoms with Gasteiger partial charge in [-0.2, -0.15) is 0 Å². The zero-order valence-corrected chi connectivity index (χ0v) is 16.3. The van der Waals surface area contributed by atoms with Crippen molar-refractivity contribution in [1.82, 2.24) is 0 Å². The first-order valence-electron chi connectivity index (χ1n) is 10.0. The minimum Gasteiger partial charge on any atom is -0.375 e. The van der Waals surface area contributed by atoms with Crippen LogP contribution in [0.2, 0.25) is 0 Å². The first-order chi connectivity index (χ1) is 13.5. The van der Waals surface area contributed by atoms with Gasteiger partial charge in [0.15, 0.2) is 0 Å². The molecule has 6 nitrogen and oxygen atoms in total. The molecule has 7 heteroatoms. The quantitative estimate of drug-likeness (QED) is 0.723. The molecule has 2 atom stereocenters. The van der Waals surface area contributed by atoms with Crippen molar-refractivity contribution in [2.45, 2.75) is 63.6 Å². The maximum atomic E-state index is 12.5. The molecule has 2 unspecified atom stereocenters. The molecule has 4 N–H and O–H groups in total. The summed E-state index contributed by atoms with van der Waals surface area (Å²) in [6, 6.07) is 6.42. The highest BCUT2D eigenvalue weighted by Crippen LogP contribution is 2.27. The van der Waals surface area contributed by atoms with Crippen LogP contribution >= 0.6 is 0 Å². The third-order valence-corrected chi connectivity index (χ3v) is 4.91. The number of rotatable bonds is 6. The molecule has 2 heterocycles. The molecule has 1 aliphatic carbocycles. The minimum absolute atomic E-state index is 0.130. The molecule has 4 rings (SSSR count). The maximum Gasteiger partial charge on any atom is 0.220 e. The molecular formula is C21H31FN2O4. The van der Waals surface area contributed by atoms with Gasteiger partial charge >= 0.3 is 0 Å². The van der Waals surface area contributed by atoms with Crippen LogP contribution in [0.1, 0.15) is 50.5 Å². The van der Waals surface area contributed by atoms with Crippen LogP contribution in [0.5, 0.6) is 0 Å². The van der Waals surface area contributed by atoms with Gasteiger partial charge < -0.3 is 20.9 Å². The van der Waals surface area contributed by atoms with Gasteiger partial charge in [-0.05, 0) is 62.6 Å². The van der Waals surface area contributed by atoms with E-state index in [4.69, 9.17) is 20.9 Å². The monoisotopic (exact) mass is 394 g/mol. The molecule has 3 aliphatic rings. The Labute approximate surface area is 165 Å². The number of ether oxygens (including phenoxy) is 2. The second kappa shape index (κ2) is 11.8. The fourth-order valence-corrected chi connectivity index (χ4v) is 3.07. The first-order valence-corrected chi connectivity index (χ1v) is 10.0. The molecule has 1 saturated carbocycles. The third-order valence-electron chi connectivity index (χ3n) is 4.91. The Morgan fingerprint density at radius 2 is 1.50 bits per heavy atom. The van der Waals surface area contributed by atoms with E-state index in [0.29, 0.717) is 18.6 Å². The lowest BCUT2D eigenvalue weighted by Crippen LogP contribution is -2.13. The molecule has 1 aromatic carbocycles. The zero-order chi connectivity index (χ0) is 20.4. The first kappa shape index (κ1) is 22.3. The van der Waals surface area contributed by atoms with Crippen molar-refractivity contribution in [3.8, 4) is 0 Å². The normalized spacial score (nSPS) is 22.3. The van der Waals surface area contributed by atoms with Crippen molar-refractivity contribution in [3.63, 3.8) is 0 Å². The Morgan fingerprint density at radius 1 is 0.929 bits per heavy atom. The predicted molar refractivity (Wildman–Crippen MR) is 104 cm³/mol. The summed E-state index contributed by atoms with van der Waals surface area (Å²) in [5.74, 6) is -0.366. The van der Waals surface area contributed by atoms with Gasteiger partial charge in [0.05, 0.1) is 12.2 Å². The van der Waals surface area contributed by atoms with Crippen LogP contribution < -0.4 is 11.5 Å². The smallest absolute Gasteiger partial charge is 0.220 e. The summed E-state index contributed by atoms with van der Waals surface area (Å²) >= 11 is 0. The minimum atomic E-state index is -0.260. The number of hydrogen-bond donors (Lipinski definition) is 2. The van der Waals surface area contributed by atoms with E-state index in [0.717, 1.165) is 63.7 Å². The molecule has 156 valence electrons. The van der Waals surface area contributed by atoms with Crippen LogP contribution in [0.25, 0.3) is 0 Å². The summed E-state index contributed by atoms with van der Waals surface area (Å²) in [7, 11) is 0. The fraction of sp³-hybridized carbons (Fsp3) is 0.619. The summed E-state index contributed by atoms with van der Waals surface area (Å²) in [5, 5.41) is 0. The lowest BCUT2D eigenvalue weighted by molar-refractivity contribution is -0.119. The highest BCUT2D eigenvalue weighted by Gasteiger charge is 2.33. The number of unbranched alkanes of at least 4 members (excludes halogenated alkanes) is 1. The average molecular weight is 394 g/mol. The van der Waals surface area contributed by atoms with Gasteiger partial charge in [-0.3, -0.25) is 9.59 Å². The molecule has 3 fully saturated rings. The molecule has 0 bridgehead atoms. The van der Waals surface area contributed by atoms with Gasteiger partial charge in [0.25, 0.3) is 0 Å². The molecule has 2 saturated heterocycles. The number of carbonyl (C=O) groups is 2. The number of aryl methyl sites for hydroxylation is 1. The van der Waals surface area contributed by atoms with E-state index in [9.17, 15) is 14.0 Å². The fourth-order valence-electron chi connectivity index (χ4n) is 3.07. The van der Waals surface area contributed by atoms with Crippen LogP contribution in [-0.2, 0) is 25.5 Å². The number of hydrogen-bond acceptors (Lipinski definition) is 4. The van der Waals surface area contributed by atoms with E-state index in [1.165, 1.54) is 12.1 Å². The number of carbonyl (C=O) groups excluding carboxylic acids is 2. The van der Waals surface area contributed by atoms with Gasteiger partial charge in [0, 0.05) is 25.6 Å². The third kappa shape index (κ3) is 8.80. The lowest BCUT2D eigenvalue weighted by atomic mass is 10.1. The maximum absolute atomic E-state index is 12.5. The van der Waals surface area contributed by atoms with Gasteiger partial charge in [-0.15, -0.1) is 0 Å². The van der Waals surface area contributed by atoms with Crippen LogP contribution in [0.15, 0.2) is 24.3 Å². The Hall–Kier alpha value is -1.99. The molecule has 28 heavy (non-hydrogen) atoms. The van der Waals surface area contributed by atoms with E-state index in [1.54, 1.807) is 12.1 Å². The highest BCUT2D eigenvalue weighted by molar-refractivity contribution is 5.78. The van der Waals surface area contributed by atoms with Crippen LogP contribution in [-0.4, -0.2) is 37.2 Å². The molecule has 1 aromatic rings. The Morgan fingerprint density at radius 3 is 1.93 bits per heavy atom. The number of benzene rings is 1. The van der Waals surface area contributed by atoms with Crippen molar-refractivity contribution in [2.24, 2.45) is 17.4 Å². The number of amides is 2. The summed E-state index contributed by atoms with van der Waals surface area (Å²) < 4.78 is 23.2. The molecule has 2 amide bonds. The average Bonchev–Trinajstić information content (AvgIpc) is 3.27. The van der Waals surface area contributed by atoms with E-state index in [2.05, 4.69) is 0 Å². The Kier molecular flexibility index (Phi) is 9.37. The topological polar surface area (TPSA) is 105 Å². The van der Waals surface area contributed by atoms with E-state index >= 15 is 0 Å². The van der Waals surface area contributed by atoms with Crippen molar-refractivity contribution in [1.29, 1.82) is 0 Å². The summed E-state index contributed by atoms with van der Waals surface area (Å²) in [5.41, 5.74) is 11.0. The van der Waals surface area contributed by atoms with E-state index in [1.807, 2.05) is 0 Å². The van der Waals surface area contributed by atoms with Crippen molar-refractivity contribution >= 4 is 11.8 Å². The zero-order valence-electron chi connectivity index (χ0n) is 16.3. The molecule has 0 radical (unpaired) electrons. The van der Waals surface area contributed by atoms with Crippen LogP contribution in [0.4, 0.5) is 4.39 Å². The van der Waals surface area contributed by atoms with Crippen molar-refractivity contribution < 1.29 is 23.5 Å². The number of primary amides is 2. The summed E-state index contributed by atoms with van der Waals surface area (Å²) in [4.78, 5) is 20.4. The number of nitrogens with two attached hydrogens (primary N) is 2. The Balaban J connectivity index is 0.000000167. The largest absolute Gasteiger partial charge is 0.375 e. The van der Waals surface area contributed by atoms with Crippen molar-refractivity contribution in [2.75, 3.05) is 13.2 Å².